The fraction of sp³-hybridized carbons (Fsp3) is 0.935. The van der Waals surface area contributed by atoms with Gasteiger partial charge < -0.3 is 65.1 Å². The molecule has 0 radical (unpaired) electrons. The van der Waals surface area contributed by atoms with E-state index in [9.17, 15) is 45.6 Å². The zero-order valence-corrected chi connectivity index (χ0v) is 37.2. The molecule has 0 bridgehead atoms. The minimum Gasteiger partial charge on any atom is -0.394 e. The predicted molar refractivity (Wildman–Crippen MR) is 231 cm³/mol. The van der Waals surface area contributed by atoms with Gasteiger partial charge in [-0.3, -0.25) is 4.79 Å². The zero-order valence-electron chi connectivity index (χ0n) is 37.2. The molecule has 354 valence electrons. The third kappa shape index (κ3) is 22.4. The lowest BCUT2D eigenvalue weighted by Crippen LogP contribution is -2.65. The van der Waals surface area contributed by atoms with E-state index < -0.39 is 92.7 Å². The maximum Gasteiger partial charge on any atom is 0.217 e. The molecule has 2 saturated heterocycles. The predicted octanol–water partition coefficient (Wildman–Crippen LogP) is 5.21. The first kappa shape index (κ1) is 54.9. The molecule has 0 spiro atoms. The average Bonchev–Trinajstić information content (AvgIpc) is 3.23. The molecule has 12 atom stereocenters. The summed E-state index contributed by atoms with van der Waals surface area (Å²) in [6.07, 6.45) is 21.0. The molecule has 2 fully saturated rings. The highest BCUT2D eigenvalue weighted by atomic mass is 16.7. The number of carbonyl (C=O) groups excluding carboxylic acids is 1. The highest BCUT2D eigenvalue weighted by Crippen LogP contribution is 2.30. The van der Waals surface area contributed by atoms with Crippen molar-refractivity contribution >= 4 is 5.91 Å². The van der Waals surface area contributed by atoms with Crippen molar-refractivity contribution in [1.29, 1.82) is 0 Å². The van der Waals surface area contributed by atoms with Crippen LogP contribution in [0.15, 0.2) is 12.2 Å². The number of allylic oxidation sites excluding steroid dienone is 1. The van der Waals surface area contributed by atoms with Crippen molar-refractivity contribution in [3.05, 3.63) is 12.2 Å². The number of ether oxygens (including phenoxy) is 4. The lowest BCUT2D eigenvalue weighted by molar-refractivity contribution is -0.359. The van der Waals surface area contributed by atoms with Gasteiger partial charge in [0.05, 0.1) is 32.0 Å². The molecule has 12 unspecified atom stereocenters. The monoisotopic (exact) mass is 862 g/mol. The minimum absolute atomic E-state index is 0.310. The molecule has 1 amide bonds. The second kappa shape index (κ2) is 34.2. The molecule has 2 rings (SSSR count). The van der Waals surface area contributed by atoms with Gasteiger partial charge in [0.25, 0.3) is 0 Å². The van der Waals surface area contributed by atoms with Gasteiger partial charge in [-0.1, -0.05) is 173 Å². The van der Waals surface area contributed by atoms with Gasteiger partial charge in [-0.15, -0.1) is 0 Å². The van der Waals surface area contributed by atoms with Crippen molar-refractivity contribution in [2.45, 2.75) is 254 Å². The van der Waals surface area contributed by atoms with Crippen LogP contribution in [-0.2, 0) is 23.7 Å². The first-order chi connectivity index (χ1) is 29.0. The Morgan fingerprint density at radius 2 is 1.00 bits per heavy atom. The van der Waals surface area contributed by atoms with Gasteiger partial charge in [0, 0.05) is 6.92 Å². The molecule has 14 nitrogen and oxygen atoms in total. The molecule has 2 heterocycles. The van der Waals surface area contributed by atoms with Crippen LogP contribution in [0.1, 0.15) is 181 Å². The number of carbonyl (C=O) groups is 1. The first-order valence-corrected chi connectivity index (χ1v) is 23.9. The van der Waals surface area contributed by atoms with E-state index in [4.69, 9.17) is 18.9 Å². The minimum atomic E-state index is -1.78. The highest BCUT2D eigenvalue weighted by Gasteiger charge is 2.50. The Morgan fingerprint density at radius 3 is 1.43 bits per heavy atom. The Hall–Kier alpha value is -1.27. The summed E-state index contributed by atoms with van der Waals surface area (Å²) in [5.74, 6) is -0.414. The lowest BCUT2D eigenvalue weighted by Gasteiger charge is -2.46. The Labute approximate surface area is 361 Å². The summed E-state index contributed by atoms with van der Waals surface area (Å²) in [6.45, 7) is 1.85. The number of hydrogen-bond donors (Lipinski definition) is 9. The van der Waals surface area contributed by atoms with Gasteiger partial charge in [-0.05, 0) is 12.8 Å². The highest BCUT2D eigenvalue weighted by molar-refractivity contribution is 5.73. The lowest BCUT2D eigenvalue weighted by atomic mass is 9.97. The van der Waals surface area contributed by atoms with Gasteiger partial charge in [0.1, 0.15) is 48.8 Å². The van der Waals surface area contributed by atoms with Gasteiger partial charge in [0.2, 0.25) is 5.91 Å². The summed E-state index contributed by atoms with van der Waals surface area (Å²) in [7, 11) is 0. The summed E-state index contributed by atoms with van der Waals surface area (Å²) < 4.78 is 22.2. The summed E-state index contributed by atoms with van der Waals surface area (Å²) >= 11 is 0. The van der Waals surface area contributed by atoms with Crippen molar-refractivity contribution in [3.63, 3.8) is 0 Å². The number of rotatable bonds is 36. The van der Waals surface area contributed by atoms with Crippen molar-refractivity contribution in [2.24, 2.45) is 0 Å². The van der Waals surface area contributed by atoms with E-state index in [1.165, 1.54) is 155 Å². The van der Waals surface area contributed by atoms with Crippen LogP contribution in [0.4, 0.5) is 0 Å². The van der Waals surface area contributed by atoms with Crippen molar-refractivity contribution < 1.29 is 64.6 Å². The van der Waals surface area contributed by atoms with Crippen molar-refractivity contribution in [1.82, 2.24) is 5.32 Å². The van der Waals surface area contributed by atoms with E-state index in [2.05, 4.69) is 12.2 Å². The smallest absolute Gasteiger partial charge is 0.217 e. The topological polar surface area (TPSA) is 228 Å². The Balaban J connectivity index is 1.52. The summed E-state index contributed by atoms with van der Waals surface area (Å²) in [4.78, 5) is 11.9. The van der Waals surface area contributed by atoms with Crippen LogP contribution < -0.4 is 5.32 Å². The molecule has 0 saturated carbocycles. The second-order valence-electron chi connectivity index (χ2n) is 17.3. The second-order valence-corrected chi connectivity index (χ2v) is 17.3. The third-order valence-electron chi connectivity index (χ3n) is 12.0. The quantitative estimate of drug-likeness (QED) is 0.0292. The Kier molecular flexibility index (Phi) is 31.3. The fourth-order valence-corrected chi connectivity index (χ4v) is 8.15. The Morgan fingerprint density at radius 1 is 0.583 bits per heavy atom. The van der Waals surface area contributed by atoms with Crippen LogP contribution in [0.2, 0.25) is 0 Å². The molecular weight excluding hydrogens is 775 g/mol. The van der Waals surface area contributed by atoms with Crippen LogP contribution in [0, 0.1) is 0 Å². The fourth-order valence-electron chi connectivity index (χ4n) is 8.15. The van der Waals surface area contributed by atoms with E-state index in [0.29, 0.717) is 0 Å². The van der Waals surface area contributed by atoms with Crippen LogP contribution in [0.3, 0.4) is 0 Å². The first-order valence-electron chi connectivity index (χ1n) is 23.9. The Bertz CT molecular complexity index is 1070. The van der Waals surface area contributed by atoms with E-state index in [1.807, 2.05) is 6.08 Å². The molecule has 0 aromatic rings. The number of aliphatic hydroxyl groups excluding tert-OH is 8. The SMILES string of the molecule is CCCCCCCCCCCCCCCCCCCCCCCCCCC/C=C/C(O)C(COC1OC(CO)C(OC2OC(CO)C(O)C(O)C2O)C(O)C1O)NC(C)=O. The molecule has 2 aliphatic heterocycles. The maximum atomic E-state index is 11.9. The van der Waals surface area contributed by atoms with E-state index in [-0.39, 0.29) is 6.61 Å². The molecule has 9 N–H and O–H groups in total. The number of nitrogens with one attached hydrogen (secondary N) is 1. The average molecular weight is 862 g/mol. The van der Waals surface area contributed by atoms with E-state index in [1.54, 1.807) is 6.08 Å². The molecule has 14 heteroatoms. The normalized spacial score (nSPS) is 28.3. The standard InChI is InChI=1S/C46H87NO13/c1-3-4-5-6-7-8-9-10-11-12-13-14-15-16-17-18-19-20-21-22-23-24-25-26-27-28-29-30-36(51)35(47-34(2)50)33-57-45-43(56)41(54)44(38(32-49)59-45)60-46-42(55)40(53)39(52)37(31-48)58-46/h29-30,35-46,48-49,51-56H,3-28,31-33H2,1-2H3,(H,47,50)/b30-29+. The summed E-state index contributed by atoms with van der Waals surface area (Å²) in [6, 6.07) is -0.911. The largest absolute Gasteiger partial charge is 0.394 e. The van der Waals surface area contributed by atoms with Crippen molar-refractivity contribution in [3.8, 4) is 0 Å². The molecule has 0 aliphatic carbocycles. The molecule has 0 aromatic carbocycles. The van der Waals surface area contributed by atoms with Crippen LogP contribution >= 0.6 is 0 Å². The number of amides is 1. The van der Waals surface area contributed by atoms with E-state index in [0.717, 1.165) is 19.3 Å². The van der Waals surface area contributed by atoms with Crippen molar-refractivity contribution in [2.75, 3.05) is 19.8 Å². The molecule has 60 heavy (non-hydrogen) atoms. The number of hydrogen-bond acceptors (Lipinski definition) is 13. The van der Waals surface area contributed by atoms with Gasteiger partial charge >= 0.3 is 0 Å². The van der Waals surface area contributed by atoms with Gasteiger partial charge in [-0.25, -0.2) is 0 Å². The van der Waals surface area contributed by atoms with Crippen LogP contribution in [-0.4, -0.2) is 140 Å². The number of unbranched alkanes of at least 4 members (excludes halogenated alkanes) is 25. The van der Waals surface area contributed by atoms with Crippen LogP contribution in [0.5, 0.6) is 0 Å². The summed E-state index contributed by atoms with van der Waals surface area (Å²) in [5.41, 5.74) is 0. The van der Waals surface area contributed by atoms with E-state index >= 15 is 0 Å². The van der Waals surface area contributed by atoms with Gasteiger partial charge in [-0.2, -0.15) is 0 Å². The van der Waals surface area contributed by atoms with Crippen LogP contribution in [0.25, 0.3) is 0 Å². The molecule has 0 aromatic heterocycles. The zero-order chi connectivity index (χ0) is 44.0. The summed E-state index contributed by atoms with van der Waals surface area (Å²) in [5, 5.41) is 85.0. The van der Waals surface area contributed by atoms with Gasteiger partial charge in [0.15, 0.2) is 12.6 Å². The molecule has 2 aliphatic rings. The number of aliphatic hydroxyl groups is 8. The molecular formula is C46H87NO13. The maximum absolute atomic E-state index is 11.9. The third-order valence-corrected chi connectivity index (χ3v) is 12.0.